The van der Waals surface area contributed by atoms with Gasteiger partial charge in [0, 0.05) is 6.42 Å². The van der Waals surface area contributed by atoms with Crippen molar-refractivity contribution >= 4 is 11.8 Å². The van der Waals surface area contributed by atoms with Gasteiger partial charge in [0.25, 0.3) is 11.8 Å². The highest BCUT2D eigenvalue weighted by Crippen LogP contribution is 2.37. The average molecular weight is 278 g/mol. The van der Waals surface area contributed by atoms with Crippen LogP contribution in [-0.4, -0.2) is 26.7 Å². The average Bonchev–Trinajstić information content (AvgIpc) is 2.92. The molecule has 2 amide bonds. The second-order valence-electron chi connectivity index (χ2n) is 5.49. The molecule has 7 nitrogen and oxygen atoms in total. The van der Waals surface area contributed by atoms with Gasteiger partial charge in [-0.15, -0.1) is 0 Å². The number of H-pyrrole nitrogens is 1. The van der Waals surface area contributed by atoms with Crippen molar-refractivity contribution in [2.24, 2.45) is 11.8 Å². The van der Waals surface area contributed by atoms with E-state index in [2.05, 4.69) is 10.2 Å². The summed E-state index contributed by atoms with van der Waals surface area (Å²) >= 11 is 0. The smallest absolute Gasteiger partial charge is 0.272 e. The van der Waals surface area contributed by atoms with Crippen LogP contribution in [0.2, 0.25) is 0 Å². The first kappa shape index (κ1) is 13.1. The predicted octanol–water partition coefficient (Wildman–Crippen LogP) is 0.335. The number of nitrogens with one attached hydrogen (secondary N) is 1. The fraction of sp³-hybridized carbons (Fsp3) is 0.692. The number of fused-ring (bicyclic) bond motifs is 1. The fourth-order valence-corrected chi connectivity index (χ4v) is 3.26. The lowest BCUT2D eigenvalue weighted by Gasteiger charge is -2.19. The van der Waals surface area contributed by atoms with Gasteiger partial charge in [0.1, 0.15) is 0 Å². The number of aryl methyl sites for hydroxylation is 1. The summed E-state index contributed by atoms with van der Waals surface area (Å²) in [7, 11) is 0. The largest absolute Gasteiger partial charge is 0.363 e. The Labute approximate surface area is 115 Å². The van der Waals surface area contributed by atoms with Gasteiger partial charge in [0.05, 0.1) is 11.8 Å². The third-order valence-corrected chi connectivity index (χ3v) is 4.21. The number of rotatable bonds is 3. The van der Waals surface area contributed by atoms with Crippen molar-refractivity contribution < 1.29 is 9.59 Å². The van der Waals surface area contributed by atoms with Crippen molar-refractivity contribution in [3.63, 3.8) is 0 Å². The first-order valence-corrected chi connectivity index (χ1v) is 7.19. The van der Waals surface area contributed by atoms with Gasteiger partial charge in [-0.3, -0.25) is 9.59 Å². The molecule has 0 aromatic carbocycles. The van der Waals surface area contributed by atoms with Gasteiger partial charge >= 0.3 is 5.69 Å². The monoisotopic (exact) mass is 278 g/mol. The number of carbonyl (C=O) groups excluding carboxylic acids is 2. The van der Waals surface area contributed by atoms with Crippen LogP contribution < -0.4 is 10.7 Å². The highest BCUT2D eigenvalue weighted by Gasteiger charge is 2.50. The minimum atomic E-state index is -0.520. The zero-order valence-corrected chi connectivity index (χ0v) is 11.5. The Kier molecular flexibility index (Phi) is 3.19. The number of hydrogen-bond acceptors (Lipinski definition) is 4. The molecular formula is C13H18N4O3. The number of hydrogen-bond donors (Lipinski definition) is 1. The molecule has 0 bridgehead atoms. The van der Waals surface area contributed by atoms with E-state index < -0.39 is 5.69 Å². The molecule has 2 atom stereocenters. The molecule has 1 saturated carbocycles. The maximum atomic E-state index is 12.5. The van der Waals surface area contributed by atoms with E-state index in [1.165, 1.54) is 0 Å². The van der Waals surface area contributed by atoms with E-state index >= 15 is 0 Å². The predicted molar refractivity (Wildman–Crippen MR) is 70.5 cm³/mol. The Hall–Kier alpha value is -1.92. The molecule has 2 unspecified atom stereocenters. The van der Waals surface area contributed by atoms with Crippen LogP contribution in [0.1, 0.15) is 44.9 Å². The van der Waals surface area contributed by atoms with Crippen LogP contribution in [0.4, 0.5) is 0 Å². The van der Waals surface area contributed by atoms with Gasteiger partial charge in [0.2, 0.25) is 0 Å². The van der Waals surface area contributed by atoms with Crippen molar-refractivity contribution in [2.45, 2.75) is 45.4 Å². The molecule has 1 aromatic heterocycles. The Morgan fingerprint density at radius 3 is 2.30 bits per heavy atom. The van der Waals surface area contributed by atoms with Gasteiger partial charge in [-0.1, -0.05) is 19.8 Å². The molecule has 108 valence electrons. The minimum Gasteiger partial charge on any atom is -0.272 e. The van der Waals surface area contributed by atoms with Crippen LogP contribution in [-0.2, 0) is 16.0 Å². The molecule has 1 aliphatic heterocycles. The lowest BCUT2D eigenvalue weighted by atomic mass is 9.81. The Bertz CT molecular complexity index is 579. The Morgan fingerprint density at radius 1 is 1.15 bits per heavy atom. The number of aromatic nitrogens is 3. The zero-order chi connectivity index (χ0) is 14.3. The van der Waals surface area contributed by atoms with E-state index in [9.17, 15) is 14.4 Å². The molecule has 1 aliphatic carbocycles. The summed E-state index contributed by atoms with van der Waals surface area (Å²) in [6.45, 7) is 1.96. The van der Waals surface area contributed by atoms with E-state index in [0.29, 0.717) is 12.2 Å². The zero-order valence-electron chi connectivity index (χ0n) is 11.5. The summed E-state index contributed by atoms with van der Waals surface area (Å²) in [5.74, 6) is -0.570. The van der Waals surface area contributed by atoms with E-state index in [1.54, 1.807) is 0 Å². The maximum absolute atomic E-state index is 12.5. The quantitative estimate of drug-likeness (QED) is 0.807. The summed E-state index contributed by atoms with van der Waals surface area (Å²) < 4.78 is 1.13. The molecule has 1 N–H and O–H groups in total. The van der Waals surface area contributed by atoms with Gasteiger partial charge < -0.3 is 0 Å². The third kappa shape index (κ3) is 1.80. The Balaban J connectivity index is 2.02. The number of aromatic amines is 1. The molecule has 2 aliphatic rings. The topological polar surface area (TPSA) is 88.1 Å². The van der Waals surface area contributed by atoms with Crippen LogP contribution in [0.3, 0.4) is 0 Å². The number of carbonyl (C=O) groups is 2. The maximum Gasteiger partial charge on any atom is 0.363 e. The third-order valence-electron chi connectivity index (χ3n) is 4.21. The van der Waals surface area contributed by atoms with Crippen LogP contribution in [0.15, 0.2) is 4.79 Å². The van der Waals surface area contributed by atoms with Crippen molar-refractivity contribution in [1.82, 2.24) is 14.9 Å². The van der Waals surface area contributed by atoms with E-state index in [4.69, 9.17) is 0 Å². The van der Waals surface area contributed by atoms with Gasteiger partial charge in [-0.2, -0.15) is 14.8 Å². The van der Waals surface area contributed by atoms with Crippen LogP contribution >= 0.6 is 0 Å². The summed E-state index contributed by atoms with van der Waals surface area (Å²) in [6, 6.07) is 0. The number of amides is 2. The first-order valence-electron chi connectivity index (χ1n) is 7.19. The van der Waals surface area contributed by atoms with Crippen molar-refractivity contribution in [2.75, 3.05) is 5.01 Å². The van der Waals surface area contributed by atoms with Crippen LogP contribution in [0.5, 0.6) is 0 Å². The van der Waals surface area contributed by atoms with Crippen molar-refractivity contribution in [1.29, 1.82) is 0 Å². The number of nitrogens with zero attached hydrogens (tertiary/aromatic N) is 3. The lowest BCUT2D eigenvalue weighted by Crippen LogP contribution is -2.47. The highest BCUT2D eigenvalue weighted by atomic mass is 16.2. The van der Waals surface area contributed by atoms with Crippen molar-refractivity contribution in [3.8, 4) is 0 Å². The summed E-state index contributed by atoms with van der Waals surface area (Å²) in [6.07, 6.45) is 4.74. The molecule has 1 saturated heterocycles. The second-order valence-corrected chi connectivity index (χ2v) is 5.49. The first-order chi connectivity index (χ1) is 9.65. The van der Waals surface area contributed by atoms with Gasteiger partial charge in [-0.05, 0) is 19.3 Å². The molecular weight excluding hydrogens is 260 g/mol. The normalized spacial score (nSPS) is 26.1. The SMILES string of the molecule is CCCc1n[nH]c(=O)n1N1C(=O)C2CCCCC2C1=O. The molecule has 0 radical (unpaired) electrons. The van der Waals surface area contributed by atoms with Crippen LogP contribution in [0, 0.1) is 11.8 Å². The summed E-state index contributed by atoms with van der Waals surface area (Å²) in [5.41, 5.74) is -0.520. The second kappa shape index (κ2) is 4.88. The molecule has 2 fully saturated rings. The molecule has 0 spiro atoms. The minimum absolute atomic E-state index is 0.249. The summed E-state index contributed by atoms with van der Waals surface area (Å²) in [5, 5.41) is 7.27. The van der Waals surface area contributed by atoms with Gasteiger partial charge in [-0.25, -0.2) is 9.89 Å². The molecule has 3 rings (SSSR count). The van der Waals surface area contributed by atoms with E-state index in [0.717, 1.165) is 41.8 Å². The molecule has 2 heterocycles. The fourth-order valence-electron chi connectivity index (χ4n) is 3.26. The lowest BCUT2D eigenvalue weighted by molar-refractivity contribution is -0.125. The molecule has 20 heavy (non-hydrogen) atoms. The van der Waals surface area contributed by atoms with Crippen molar-refractivity contribution in [3.05, 3.63) is 16.3 Å². The standard InChI is InChI=1S/C13H18N4O3/c1-2-5-10-14-15-13(20)16(10)17-11(18)8-6-3-4-7-9(8)12(17)19/h8-9H,2-7H2,1H3,(H,15,20). The van der Waals surface area contributed by atoms with Crippen LogP contribution in [0.25, 0.3) is 0 Å². The van der Waals surface area contributed by atoms with E-state index in [-0.39, 0.29) is 23.7 Å². The summed E-state index contributed by atoms with van der Waals surface area (Å²) in [4.78, 5) is 36.8. The number of imide groups is 1. The van der Waals surface area contributed by atoms with Gasteiger partial charge in [0.15, 0.2) is 5.82 Å². The van der Waals surface area contributed by atoms with E-state index in [1.807, 2.05) is 6.92 Å². The Morgan fingerprint density at radius 2 is 1.75 bits per heavy atom. The highest BCUT2D eigenvalue weighted by molar-refractivity contribution is 6.16. The molecule has 1 aromatic rings. The molecule has 7 heteroatoms.